The Balaban J connectivity index is 2.07. The van der Waals surface area contributed by atoms with Crippen molar-refractivity contribution in [3.05, 3.63) is 65.7 Å². The topological polar surface area (TPSA) is 47.6 Å². The van der Waals surface area contributed by atoms with E-state index in [0.29, 0.717) is 17.4 Å². The fourth-order valence-corrected chi connectivity index (χ4v) is 2.79. The van der Waals surface area contributed by atoms with Crippen LogP contribution in [0.25, 0.3) is 0 Å². The zero-order chi connectivity index (χ0) is 19.1. The Morgan fingerprint density at radius 1 is 1.23 bits per heavy atom. The zero-order valence-electron chi connectivity index (χ0n) is 16.0. The number of nitrogens with one attached hydrogen (secondary N) is 1. The van der Waals surface area contributed by atoms with Crippen LogP contribution in [0.4, 0.5) is 5.69 Å². The van der Waals surface area contributed by atoms with Gasteiger partial charge in [0.05, 0.1) is 7.11 Å². The van der Waals surface area contributed by atoms with Crippen molar-refractivity contribution in [2.45, 2.75) is 33.1 Å². The third-order valence-electron chi connectivity index (χ3n) is 4.16. The average Bonchev–Trinajstić information content (AvgIpc) is 2.62. The van der Waals surface area contributed by atoms with Crippen LogP contribution in [0.1, 0.15) is 36.5 Å². The van der Waals surface area contributed by atoms with Crippen molar-refractivity contribution in [1.29, 1.82) is 0 Å². The summed E-state index contributed by atoms with van der Waals surface area (Å²) >= 11 is 0. The molecule has 2 rings (SSSR count). The van der Waals surface area contributed by atoms with Crippen molar-refractivity contribution in [3.8, 4) is 11.5 Å². The highest BCUT2D eigenvalue weighted by molar-refractivity contribution is 5.93. The van der Waals surface area contributed by atoms with Gasteiger partial charge in [0.25, 0.3) is 5.91 Å². The van der Waals surface area contributed by atoms with Crippen LogP contribution in [-0.2, 0) is 11.2 Å². The van der Waals surface area contributed by atoms with Gasteiger partial charge in [-0.05, 0) is 48.1 Å². The number of benzene rings is 2. The number of carbonyl (C=O) groups excluding carboxylic acids is 1. The summed E-state index contributed by atoms with van der Waals surface area (Å²) in [6, 6.07) is 11.7. The fourth-order valence-electron chi connectivity index (χ4n) is 2.79. The van der Waals surface area contributed by atoms with E-state index in [1.807, 2.05) is 49.4 Å². The number of rotatable bonds is 8. The van der Waals surface area contributed by atoms with Crippen LogP contribution >= 0.6 is 0 Å². The molecule has 1 amide bonds. The van der Waals surface area contributed by atoms with Crippen LogP contribution in [0, 0.1) is 6.92 Å². The second kappa shape index (κ2) is 9.09. The number of anilines is 1. The fraction of sp³-hybridized carbons (Fsp3) is 0.318. The van der Waals surface area contributed by atoms with Gasteiger partial charge in [0.15, 0.2) is 18.1 Å². The highest BCUT2D eigenvalue weighted by atomic mass is 16.5. The summed E-state index contributed by atoms with van der Waals surface area (Å²) in [5.74, 6) is 1.28. The molecule has 0 spiro atoms. The normalized spacial score (nSPS) is 10.5. The van der Waals surface area contributed by atoms with Gasteiger partial charge in [0.1, 0.15) is 0 Å². The maximum Gasteiger partial charge on any atom is 0.262 e. The van der Waals surface area contributed by atoms with E-state index in [9.17, 15) is 4.79 Å². The van der Waals surface area contributed by atoms with Crippen molar-refractivity contribution in [2.75, 3.05) is 19.0 Å². The largest absolute Gasteiger partial charge is 0.493 e. The minimum atomic E-state index is -0.196. The van der Waals surface area contributed by atoms with Crippen LogP contribution in [0.5, 0.6) is 11.5 Å². The van der Waals surface area contributed by atoms with Gasteiger partial charge in [0, 0.05) is 5.69 Å². The van der Waals surface area contributed by atoms with Crippen molar-refractivity contribution in [3.63, 3.8) is 0 Å². The lowest BCUT2D eigenvalue weighted by atomic mass is 9.98. The number of aryl methyl sites for hydroxylation is 1. The third-order valence-corrected chi connectivity index (χ3v) is 4.16. The number of para-hydroxylation sites is 1. The second-order valence-electron chi connectivity index (χ2n) is 6.51. The number of carbonyl (C=O) groups is 1. The third kappa shape index (κ3) is 4.88. The Bertz CT molecular complexity index is 781. The Morgan fingerprint density at radius 3 is 2.65 bits per heavy atom. The molecular weight excluding hydrogens is 326 g/mol. The van der Waals surface area contributed by atoms with Crippen molar-refractivity contribution in [2.24, 2.45) is 0 Å². The lowest BCUT2D eigenvalue weighted by Crippen LogP contribution is -2.22. The summed E-state index contributed by atoms with van der Waals surface area (Å²) in [6.45, 7) is 9.86. The molecule has 0 fully saturated rings. The summed E-state index contributed by atoms with van der Waals surface area (Å²) < 4.78 is 11.0. The average molecular weight is 353 g/mol. The van der Waals surface area contributed by atoms with E-state index in [4.69, 9.17) is 9.47 Å². The van der Waals surface area contributed by atoms with Gasteiger partial charge in [-0.15, -0.1) is 6.58 Å². The first-order valence-corrected chi connectivity index (χ1v) is 8.76. The first-order valence-electron chi connectivity index (χ1n) is 8.76. The van der Waals surface area contributed by atoms with Gasteiger partial charge in [-0.3, -0.25) is 4.79 Å². The summed E-state index contributed by atoms with van der Waals surface area (Å²) in [5, 5.41) is 2.98. The molecule has 0 bridgehead atoms. The minimum Gasteiger partial charge on any atom is -0.493 e. The van der Waals surface area contributed by atoms with E-state index < -0.39 is 0 Å². The maximum atomic E-state index is 12.4. The van der Waals surface area contributed by atoms with Gasteiger partial charge in [-0.25, -0.2) is 0 Å². The molecule has 0 aliphatic rings. The molecule has 0 aliphatic carbocycles. The van der Waals surface area contributed by atoms with Crippen molar-refractivity contribution in [1.82, 2.24) is 0 Å². The molecular formula is C22H27NO3. The Morgan fingerprint density at radius 2 is 2.00 bits per heavy atom. The van der Waals surface area contributed by atoms with Gasteiger partial charge < -0.3 is 14.8 Å². The Labute approximate surface area is 155 Å². The van der Waals surface area contributed by atoms with E-state index in [1.165, 1.54) is 0 Å². The Hall–Kier alpha value is -2.75. The highest BCUT2D eigenvalue weighted by Crippen LogP contribution is 2.29. The molecule has 1 N–H and O–H groups in total. The van der Waals surface area contributed by atoms with Crippen molar-refractivity contribution < 1.29 is 14.3 Å². The molecule has 138 valence electrons. The molecule has 0 atom stereocenters. The summed E-state index contributed by atoms with van der Waals surface area (Å²) in [6.07, 6.45) is 2.58. The number of hydrogen-bond acceptors (Lipinski definition) is 3. The number of amides is 1. The summed E-state index contributed by atoms with van der Waals surface area (Å²) in [4.78, 5) is 12.4. The van der Waals surface area contributed by atoms with E-state index >= 15 is 0 Å². The van der Waals surface area contributed by atoms with Crippen LogP contribution in [0.15, 0.2) is 49.1 Å². The molecule has 4 nitrogen and oxygen atoms in total. The summed E-state index contributed by atoms with van der Waals surface area (Å²) in [7, 11) is 1.59. The van der Waals surface area contributed by atoms with E-state index in [1.54, 1.807) is 7.11 Å². The Kier molecular flexibility index (Phi) is 6.84. The van der Waals surface area contributed by atoms with Gasteiger partial charge in [-0.1, -0.05) is 44.2 Å². The number of methoxy groups -OCH3 is 1. The zero-order valence-corrected chi connectivity index (χ0v) is 16.0. The van der Waals surface area contributed by atoms with Crippen LogP contribution in [-0.4, -0.2) is 19.6 Å². The molecule has 4 heteroatoms. The summed E-state index contributed by atoms with van der Waals surface area (Å²) in [5.41, 5.74) is 4.10. The molecule has 0 unspecified atom stereocenters. The second-order valence-corrected chi connectivity index (χ2v) is 6.51. The van der Waals surface area contributed by atoms with E-state index in [0.717, 1.165) is 28.8 Å². The number of ether oxygens (including phenoxy) is 2. The smallest absolute Gasteiger partial charge is 0.262 e. The van der Waals surface area contributed by atoms with E-state index in [2.05, 4.69) is 25.7 Å². The molecule has 0 aliphatic heterocycles. The van der Waals surface area contributed by atoms with Gasteiger partial charge >= 0.3 is 0 Å². The molecule has 0 saturated heterocycles. The SMILES string of the molecule is C=CCc1ccc(OCC(=O)Nc2c(C)cccc2C(C)C)c(OC)c1. The lowest BCUT2D eigenvalue weighted by molar-refractivity contribution is -0.118. The molecule has 0 saturated carbocycles. The van der Waals surface area contributed by atoms with Crippen molar-refractivity contribution >= 4 is 11.6 Å². The van der Waals surface area contributed by atoms with Gasteiger partial charge in [-0.2, -0.15) is 0 Å². The first kappa shape index (κ1) is 19.6. The molecule has 0 heterocycles. The van der Waals surface area contributed by atoms with E-state index in [-0.39, 0.29) is 12.5 Å². The quantitative estimate of drug-likeness (QED) is 0.689. The molecule has 0 aromatic heterocycles. The first-order chi connectivity index (χ1) is 12.5. The number of hydrogen-bond donors (Lipinski definition) is 1. The molecule has 2 aromatic rings. The highest BCUT2D eigenvalue weighted by Gasteiger charge is 2.13. The lowest BCUT2D eigenvalue weighted by Gasteiger charge is -2.17. The predicted molar refractivity (Wildman–Crippen MR) is 106 cm³/mol. The minimum absolute atomic E-state index is 0.0803. The van der Waals surface area contributed by atoms with Gasteiger partial charge in [0.2, 0.25) is 0 Å². The monoisotopic (exact) mass is 353 g/mol. The standard InChI is InChI=1S/C22H27NO3/c1-6-8-17-11-12-19(20(13-17)25-5)26-14-21(24)23-22-16(4)9-7-10-18(22)15(2)3/h6-7,9-13,15H,1,8,14H2,2-5H3,(H,23,24). The molecule has 26 heavy (non-hydrogen) atoms. The maximum absolute atomic E-state index is 12.4. The predicted octanol–water partition coefficient (Wildman–Crippen LogP) is 4.87. The number of allylic oxidation sites excluding steroid dienone is 1. The van der Waals surface area contributed by atoms with Crippen LogP contribution < -0.4 is 14.8 Å². The molecule has 2 aromatic carbocycles. The van der Waals surface area contributed by atoms with Crippen LogP contribution in [0.2, 0.25) is 0 Å². The van der Waals surface area contributed by atoms with Crippen LogP contribution in [0.3, 0.4) is 0 Å². The molecule has 0 radical (unpaired) electrons.